The number of aromatic nitrogens is 3. The van der Waals surface area contributed by atoms with E-state index in [1.807, 2.05) is 0 Å². The Balaban J connectivity index is 1.10. The Morgan fingerprint density at radius 3 is 1.88 bits per heavy atom. The van der Waals surface area contributed by atoms with Gasteiger partial charge in [0.05, 0.1) is 0 Å². The van der Waals surface area contributed by atoms with Crippen LogP contribution in [0.15, 0.2) is 146 Å². The van der Waals surface area contributed by atoms with E-state index in [1.165, 1.54) is 76.8 Å². The molecule has 0 saturated heterocycles. The zero-order chi connectivity index (χ0) is 34.2. The molecule has 3 fully saturated rings. The van der Waals surface area contributed by atoms with Gasteiger partial charge >= 0.3 is 0 Å². The molecule has 4 atom stereocenters. The van der Waals surface area contributed by atoms with Crippen LogP contribution in [0.25, 0.3) is 77.6 Å². The van der Waals surface area contributed by atoms with Crippen LogP contribution in [0, 0.1) is 17.8 Å². The molecule has 250 valence electrons. The van der Waals surface area contributed by atoms with E-state index >= 15 is 0 Å². The molecule has 0 amide bonds. The lowest BCUT2D eigenvalue weighted by molar-refractivity contribution is 0.139. The van der Waals surface area contributed by atoms with Crippen molar-refractivity contribution in [2.75, 3.05) is 0 Å². The molecule has 7 aromatic carbocycles. The maximum Gasteiger partial charge on any atom is 0.164 e. The monoisotopic (exact) mass is 669 g/mol. The lowest BCUT2D eigenvalue weighted by Crippen LogP contribution is -2.37. The first-order valence-electron chi connectivity index (χ1n) is 19.0. The lowest BCUT2D eigenvalue weighted by atomic mass is 9.59. The van der Waals surface area contributed by atoms with E-state index in [-0.39, 0.29) is 0 Å². The third-order valence-electron chi connectivity index (χ3n) is 12.9. The fourth-order valence-corrected chi connectivity index (χ4v) is 10.6. The van der Waals surface area contributed by atoms with Crippen molar-refractivity contribution in [3.8, 4) is 45.3 Å². The summed E-state index contributed by atoms with van der Waals surface area (Å²) in [6.07, 6.45) is 8.40. The standard InChI is InChI=1S/C49H39N3/c1-2-10-32(11-3-1)38-16-8-18-42-41(38)17-9-19-44(42)47-50-46(33-20-22-37(23-21-33)49-25-24-34-26-31(29-49)27-36(34)30-49)51-48(52-47)45-28-35-12-4-5-13-39(35)40-14-6-7-15-43(40)45/h1-23,28,31,34,36H,24-27,29-30H2. The quantitative estimate of drug-likeness (QED) is 0.171. The lowest BCUT2D eigenvalue weighted by Gasteiger charge is -2.45. The minimum Gasteiger partial charge on any atom is -0.208 e. The Bertz CT molecular complexity index is 2660. The smallest absolute Gasteiger partial charge is 0.164 e. The molecule has 1 aromatic heterocycles. The summed E-state index contributed by atoms with van der Waals surface area (Å²) in [6, 6.07) is 52.6. The number of hydrogen-bond acceptors (Lipinski definition) is 3. The molecule has 0 aliphatic heterocycles. The second kappa shape index (κ2) is 11.7. The zero-order valence-electron chi connectivity index (χ0n) is 29.2. The molecule has 0 N–H and O–H groups in total. The van der Waals surface area contributed by atoms with Crippen LogP contribution in [-0.2, 0) is 5.41 Å². The van der Waals surface area contributed by atoms with Crippen molar-refractivity contribution in [1.29, 1.82) is 0 Å². The first kappa shape index (κ1) is 30.0. The van der Waals surface area contributed by atoms with Crippen molar-refractivity contribution in [2.45, 2.75) is 43.9 Å². The summed E-state index contributed by atoms with van der Waals surface area (Å²) < 4.78 is 0. The fourth-order valence-electron chi connectivity index (χ4n) is 10.6. The summed E-state index contributed by atoms with van der Waals surface area (Å²) >= 11 is 0. The van der Waals surface area contributed by atoms with E-state index < -0.39 is 0 Å². The second-order valence-electron chi connectivity index (χ2n) is 15.7. The van der Waals surface area contributed by atoms with Crippen LogP contribution in [0.5, 0.6) is 0 Å². The summed E-state index contributed by atoms with van der Waals surface area (Å²) in [7, 11) is 0. The van der Waals surface area contributed by atoms with E-state index in [2.05, 4.69) is 146 Å². The van der Waals surface area contributed by atoms with Crippen molar-refractivity contribution < 1.29 is 0 Å². The van der Waals surface area contributed by atoms with Gasteiger partial charge in [-0.25, -0.2) is 15.0 Å². The molecule has 3 saturated carbocycles. The van der Waals surface area contributed by atoms with Crippen molar-refractivity contribution in [2.24, 2.45) is 17.8 Å². The molecular formula is C49H39N3. The van der Waals surface area contributed by atoms with Gasteiger partial charge in [-0.05, 0) is 117 Å². The van der Waals surface area contributed by atoms with E-state index in [9.17, 15) is 0 Å². The van der Waals surface area contributed by atoms with E-state index in [4.69, 9.17) is 15.0 Å². The van der Waals surface area contributed by atoms with Crippen LogP contribution in [0.3, 0.4) is 0 Å². The van der Waals surface area contributed by atoms with Gasteiger partial charge in [0.1, 0.15) is 0 Å². The van der Waals surface area contributed by atoms with Gasteiger partial charge in [0, 0.05) is 16.7 Å². The van der Waals surface area contributed by atoms with Crippen LogP contribution < -0.4 is 0 Å². The number of nitrogens with zero attached hydrogens (tertiary/aromatic N) is 3. The van der Waals surface area contributed by atoms with Crippen LogP contribution in [0.2, 0.25) is 0 Å². The third-order valence-corrected chi connectivity index (χ3v) is 12.9. The fraction of sp³-hybridized carbons (Fsp3) is 0.204. The zero-order valence-corrected chi connectivity index (χ0v) is 29.2. The molecule has 0 spiro atoms. The van der Waals surface area contributed by atoms with E-state index in [1.54, 1.807) is 0 Å². The third kappa shape index (κ3) is 4.75. The minimum absolute atomic E-state index is 0.345. The van der Waals surface area contributed by atoms with Gasteiger partial charge in [-0.2, -0.15) is 0 Å². The average Bonchev–Trinajstić information content (AvgIpc) is 3.43. The summed E-state index contributed by atoms with van der Waals surface area (Å²) in [5.74, 6) is 4.93. The SMILES string of the molecule is c1ccc(-c2cccc3c(-c4nc(-c5ccc(C67CCC8CC(CC8C6)C7)cc5)nc(-c5cc6ccccc6c6ccccc56)n4)cccc23)cc1. The molecule has 0 radical (unpaired) electrons. The second-order valence-corrected chi connectivity index (χ2v) is 15.7. The van der Waals surface area contributed by atoms with Gasteiger partial charge in [0.2, 0.25) is 0 Å². The van der Waals surface area contributed by atoms with Crippen LogP contribution in [-0.4, -0.2) is 15.0 Å². The molecule has 3 heteroatoms. The van der Waals surface area contributed by atoms with Crippen LogP contribution in [0.1, 0.15) is 44.1 Å². The summed E-state index contributed by atoms with van der Waals surface area (Å²) in [5.41, 5.74) is 7.33. The Kier molecular flexibility index (Phi) is 6.74. The maximum atomic E-state index is 5.33. The van der Waals surface area contributed by atoms with E-state index in [0.29, 0.717) is 22.9 Å². The number of fused-ring (bicyclic) bond motifs is 6. The summed E-state index contributed by atoms with van der Waals surface area (Å²) in [4.78, 5) is 15.9. The molecule has 3 bridgehead atoms. The summed E-state index contributed by atoms with van der Waals surface area (Å²) in [5, 5.41) is 7.08. The molecule has 1 heterocycles. The Morgan fingerprint density at radius 1 is 0.442 bits per heavy atom. The van der Waals surface area contributed by atoms with Crippen molar-refractivity contribution >= 4 is 32.3 Å². The molecular weight excluding hydrogens is 631 g/mol. The predicted molar refractivity (Wildman–Crippen MR) is 214 cm³/mol. The number of rotatable bonds is 5. The molecule has 3 aliphatic carbocycles. The average molecular weight is 670 g/mol. The van der Waals surface area contributed by atoms with Gasteiger partial charge in [-0.1, -0.05) is 140 Å². The van der Waals surface area contributed by atoms with Crippen molar-refractivity contribution in [3.05, 3.63) is 151 Å². The Labute approximate surface area is 304 Å². The normalized spacial score (nSPS) is 22.0. The molecule has 4 unspecified atom stereocenters. The maximum absolute atomic E-state index is 5.33. The topological polar surface area (TPSA) is 38.7 Å². The highest BCUT2D eigenvalue weighted by atomic mass is 15.0. The largest absolute Gasteiger partial charge is 0.208 e. The first-order valence-corrected chi connectivity index (χ1v) is 19.0. The van der Waals surface area contributed by atoms with Gasteiger partial charge in [-0.15, -0.1) is 0 Å². The highest BCUT2D eigenvalue weighted by molar-refractivity contribution is 6.13. The van der Waals surface area contributed by atoms with E-state index in [0.717, 1.165) is 45.2 Å². The molecule has 3 aliphatic rings. The molecule has 11 rings (SSSR count). The number of hydrogen-bond donors (Lipinski definition) is 0. The number of benzene rings is 7. The van der Waals surface area contributed by atoms with Gasteiger partial charge in [-0.3, -0.25) is 0 Å². The Hall–Kier alpha value is -5.67. The van der Waals surface area contributed by atoms with Gasteiger partial charge < -0.3 is 0 Å². The predicted octanol–water partition coefficient (Wildman–Crippen LogP) is 12.5. The van der Waals surface area contributed by atoms with Gasteiger partial charge in [0.25, 0.3) is 0 Å². The first-order chi connectivity index (χ1) is 25.7. The highest BCUT2D eigenvalue weighted by Crippen LogP contribution is 2.61. The van der Waals surface area contributed by atoms with Crippen LogP contribution in [0.4, 0.5) is 0 Å². The van der Waals surface area contributed by atoms with Crippen LogP contribution >= 0.6 is 0 Å². The van der Waals surface area contributed by atoms with Crippen molar-refractivity contribution in [1.82, 2.24) is 15.0 Å². The minimum atomic E-state index is 0.345. The molecule has 52 heavy (non-hydrogen) atoms. The summed E-state index contributed by atoms with van der Waals surface area (Å²) in [6.45, 7) is 0. The molecule has 8 aromatic rings. The van der Waals surface area contributed by atoms with Gasteiger partial charge in [0.15, 0.2) is 17.5 Å². The molecule has 3 nitrogen and oxygen atoms in total. The Morgan fingerprint density at radius 2 is 1.06 bits per heavy atom. The highest BCUT2D eigenvalue weighted by Gasteiger charge is 2.52. The van der Waals surface area contributed by atoms with Crippen molar-refractivity contribution in [3.63, 3.8) is 0 Å².